The number of nitrogens with zero attached hydrogens (tertiary/aromatic N) is 1. The molecule has 0 aromatic carbocycles. The second kappa shape index (κ2) is 4.57. The van der Waals surface area contributed by atoms with Gasteiger partial charge in [0, 0.05) is 11.8 Å². The van der Waals surface area contributed by atoms with E-state index in [1.54, 1.807) is 0 Å². The number of pyridine rings is 1. The van der Waals surface area contributed by atoms with Crippen molar-refractivity contribution in [3.8, 4) is 5.75 Å². The predicted molar refractivity (Wildman–Crippen MR) is 47.8 cm³/mol. The summed E-state index contributed by atoms with van der Waals surface area (Å²) in [5.74, 6) is -0.245. The summed E-state index contributed by atoms with van der Waals surface area (Å²) >= 11 is 0. The van der Waals surface area contributed by atoms with E-state index in [1.807, 2.05) is 0 Å². The van der Waals surface area contributed by atoms with Crippen molar-refractivity contribution in [2.24, 2.45) is 0 Å². The Morgan fingerprint density at radius 3 is 2.79 bits per heavy atom. The average Bonchev–Trinajstić information content (AvgIpc) is 2.27. The number of hydrogen-bond acceptors (Lipinski definition) is 5. The molecule has 0 radical (unpaired) electrons. The zero-order valence-electron chi connectivity index (χ0n) is 7.93. The normalized spacial score (nSPS) is 11.9. The summed E-state index contributed by atoms with van der Waals surface area (Å²) in [6.45, 7) is 0. The smallest absolute Gasteiger partial charge is 0.339 e. The van der Waals surface area contributed by atoms with Crippen molar-refractivity contribution in [3.05, 3.63) is 24.0 Å². The Morgan fingerprint density at radius 1 is 1.50 bits per heavy atom. The molecule has 5 nitrogen and oxygen atoms in total. The lowest BCUT2D eigenvalue weighted by Gasteiger charge is -2.08. The molecule has 0 aliphatic rings. The summed E-state index contributed by atoms with van der Waals surface area (Å²) in [7, 11) is 2.68. The monoisotopic (exact) mass is 197 g/mol. The summed E-state index contributed by atoms with van der Waals surface area (Å²) in [6.07, 6.45) is 1.54. The van der Waals surface area contributed by atoms with Crippen molar-refractivity contribution in [2.75, 3.05) is 14.2 Å². The van der Waals surface area contributed by atoms with Crippen LogP contribution >= 0.6 is 0 Å². The third-order valence-corrected chi connectivity index (χ3v) is 1.71. The van der Waals surface area contributed by atoms with Gasteiger partial charge < -0.3 is 14.6 Å². The fourth-order valence-corrected chi connectivity index (χ4v) is 0.944. The molecule has 76 valence electrons. The van der Waals surface area contributed by atoms with Crippen LogP contribution in [0.3, 0.4) is 0 Å². The predicted octanol–water partition coefficient (Wildman–Crippen LogP) is 0.297. The Labute approximate surface area is 81.3 Å². The molecule has 0 saturated carbocycles. The summed E-state index contributed by atoms with van der Waals surface area (Å²) in [6, 6.07) is 1.52. The van der Waals surface area contributed by atoms with Crippen molar-refractivity contribution in [1.82, 2.24) is 4.98 Å². The molecular formula is C9H11NO4. The molecular weight excluding hydrogens is 186 g/mol. The number of carbonyl (C=O) groups is 1. The van der Waals surface area contributed by atoms with Crippen molar-refractivity contribution < 1.29 is 19.4 Å². The third kappa shape index (κ3) is 2.20. The zero-order chi connectivity index (χ0) is 10.6. The molecule has 0 amide bonds. The minimum atomic E-state index is -1.32. The van der Waals surface area contributed by atoms with Gasteiger partial charge in [-0.15, -0.1) is 0 Å². The molecule has 0 fully saturated rings. The average molecular weight is 197 g/mol. The molecule has 1 unspecified atom stereocenters. The number of ether oxygens (including phenoxy) is 2. The molecule has 1 heterocycles. The highest BCUT2D eigenvalue weighted by Gasteiger charge is 2.18. The third-order valence-electron chi connectivity index (χ3n) is 1.71. The molecule has 14 heavy (non-hydrogen) atoms. The van der Waals surface area contributed by atoms with Crippen molar-refractivity contribution in [2.45, 2.75) is 6.10 Å². The van der Waals surface area contributed by atoms with E-state index in [2.05, 4.69) is 9.72 Å². The van der Waals surface area contributed by atoms with E-state index in [0.29, 0.717) is 11.3 Å². The number of rotatable bonds is 3. The van der Waals surface area contributed by atoms with Gasteiger partial charge in [-0.1, -0.05) is 0 Å². The first-order valence-corrected chi connectivity index (χ1v) is 3.94. The van der Waals surface area contributed by atoms with E-state index >= 15 is 0 Å². The Morgan fingerprint density at radius 2 is 2.21 bits per heavy atom. The minimum Gasteiger partial charge on any atom is -0.495 e. The van der Waals surface area contributed by atoms with E-state index in [-0.39, 0.29) is 0 Å². The number of hydrogen-bond donors (Lipinski definition) is 1. The summed E-state index contributed by atoms with van der Waals surface area (Å²) in [5.41, 5.74) is 0.344. The van der Waals surface area contributed by atoms with Gasteiger partial charge in [0.25, 0.3) is 0 Å². The molecule has 0 spiro atoms. The van der Waals surface area contributed by atoms with Crippen LogP contribution < -0.4 is 4.74 Å². The maximum Gasteiger partial charge on any atom is 0.339 e. The SMILES string of the molecule is COC(=O)C(O)c1cncc(OC)c1. The first-order valence-electron chi connectivity index (χ1n) is 3.94. The van der Waals surface area contributed by atoms with Crippen LogP contribution in [-0.4, -0.2) is 30.3 Å². The van der Waals surface area contributed by atoms with Gasteiger partial charge in [-0.05, 0) is 6.07 Å². The lowest BCUT2D eigenvalue weighted by Crippen LogP contribution is -2.13. The van der Waals surface area contributed by atoms with Crippen molar-refractivity contribution in [3.63, 3.8) is 0 Å². The maximum absolute atomic E-state index is 11.0. The number of aromatic nitrogens is 1. The van der Waals surface area contributed by atoms with Crippen LogP contribution in [0.5, 0.6) is 5.75 Å². The molecule has 0 saturated heterocycles. The van der Waals surface area contributed by atoms with Crippen LogP contribution in [0.1, 0.15) is 11.7 Å². The van der Waals surface area contributed by atoms with Gasteiger partial charge in [0.05, 0.1) is 20.4 Å². The van der Waals surface area contributed by atoms with Crippen LogP contribution in [0, 0.1) is 0 Å². The van der Waals surface area contributed by atoms with Gasteiger partial charge in [0.1, 0.15) is 5.75 Å². The highest BCUT2D eigenvalue weighted by atomic mass is 16.5. The van der Waals surface area contributed by atoms with Gasteiger partial charge in [-0.25, -0.2) is 4.79 Å². The Bertz CT molecular complexity index is 326. The van der Waals surface area contributed by atoms with Crippen LogP contribution in [-0.2, 0) is 9.53 Å². The van der Waals surface area contributed by atoms with E-state index in [9.17, 15) is 9.90 Å². The molecule has 1 aromatic rings. The zero-order valence-corrected chi connectivity index (χ0v) is 7.93. The molecule has 1 atom stereocenters. The largest absolute Gasteiger partial charge is 0.495 e. The van der Waals surface area contributed by atoms with Crippen molar-refractivity contribution >= 4 is 5.97 Å². The maximum atomic E-state index is 11.0. The number of aliphatic hydroxyl groups excluding tert-OH is 1. The first-order chi connectivity index (χ1) is 6.69. The molecule has 0 bridgehead atoms. The van der Waals surface area contributed by atoms with E-state index in [4.69, 9.17) is 4.74 Å². The number of methoxy groups -OCH3 is 2. The fourth-order valence-electron chi connectivity index (χ4n) is 0.944. The highest BCUT2D eigenvalue weighted by molar-refractivity contribution is 5.76. The van der Waals surface area contributed by atoms with Gasteiger partial charge >= 0.3 is 5.97 Å². The van der Waals surface area contributed by atoms with E-state index < -0.39 is 12.1 Å². The van der Waals surface area contributed by atoms with Crippen molar-refractivity contribution in [1.29, 1.82) is 0 Å². The summed E-state index contributed by atoms with van der Waals surface area (Å²) < 4.78 is 9.28. The molecule has 1 rings (SSSR count). The molecule has 1 aromatic heterocycles. The Balaban J connectivity index is 2.89. The number of carbonyl (C=O) groups excluding carboxylic acids is 1. The number of esters is 1. The molecule has 0 aliphatic carbocycles. The second-order valence-corrected chi connectivity index (χ2v) is 2.58. The fraction of sp³-hybridized carbons (Fsp3) is 0.333. The topological polar surface area (TPSA) is 68.7 Å². The van der Waals surface area contributed by atoms with E-state index in [0.717, 1.165) is 0 Å². The standard InChI is InChI=1S/C9H11NO4/c1-13-7-3-6(4-10-5-7)8(11)9(12)14-2/h3-5,8,11H,1-2H3. The van der Waals surface area contributed by atoms with E-state index in [1.165, 1.54) is 32.7 Å². The molecule has 0 aliphatic heterocycles. The van der Waals surface area contributed by atoms with Gasteiger partial charge in [0.15, 0.2) is 6.10 Å². The van der Waals surface area contributed by atoms with Crippen LogP contribution in [0.15, 0.2) is 18.5 Å². The Kier molecular flexibility index (Phi) is 3.41. The summed E-state index contributed by atoms with van der Waals surface area (Å²) in [4.78, 5) is 14.8. The van der Waals surface area contributed by atoms with Crippen LogP contribution in [0.2, 0.25) is 0 Å². The lowest BCUT2D eigenvalue weighted by atomic mass is 10.1. The minimum absolute atomic E-state index is 0.344. The van der Waals surface area contributed by atoms with Gasteiger partial charge in [-0.2, -0.15) is 0 Å². The molecule has 5 heteroatoms. The van der Waals surface area contributed by atoms with Crippen LogP contribution in [0.4, 0.5) is 0 Å². The second-order valence-electron chi connectivity index (χ2n) is 2.58. The highest BCUT2D eigenvalue weighted by Crippen LogP contribution is 2.17. The quantitative estimate of drug-likeness (QED) is 0.705. The Hall–Kier alpha value is -1.62. The van der Waals surface area contributed by atoms with Gasteiger partial charge in [-0.3, -0.25) is 4.98 Å². The lowest BCUT2D eigenvalue weighted by molar-refractivity contribution is -0.150. The number of aliphatic hydroxyl groups is 1. The molecule has 1 N–H and O–H groups in total. The first kappa shape index (κ1) is 10.5. The van der Waals surface area contributed by atoms with Crippen LogP contribution in [0.25, 0.3) is 0 Å². The summed E-state index contributed by atoms with van der Waals surface area (Å²) in [5, 5.41) is 9.44. The van der Waals surface area contributed by atoms with Gasteiger partial charge in [0.2, 0.25) is 0 Å².